The molecule has 0 bridgehead atoms. The van der Waals surface area contributed by atoms with E-state index in [0.29, 0.717) is 17.5 Å². The number of rotatable bonds is 6. The minimum absolute atomic E-state index is 0.620. The molecule has 4 nitrogen and oxygen atoms in total. The van der Waals surface area contributed by atoms with Crippen molar-refractivity contribution in [2.75, 3.05) is 0 Å². The molecule has 0 saturated heterocycles. The molecule has 248 valence electrons. The van der Waals surface area contributed by atoms with E-state index in [1.54, 1.807) is 0 Å². The maximum atomic E-state index is 5.22. The summed E-state index contributed by atoms with van der Waals surface area (Å²) in [7, 11) is 0. The molecule has 0 spiro atoms. The number of aromatic nitrogens is 4. The number of hydrogen-bond donors (Lipinski definition) is 0. The number of nitrogens with zero attached hydrogens (tertiary/aromatic N) is 4. The second kappa shape index (κ2) is 12.9. The highest BCUT2D eigenvalue weighted by Crippen LogP contribution is 2.42. The quantitative estimate of drug-likeness (QED) is 0.176. The van der Waals surface area contributed by atoms with Gasteiger partial charge in [-0.3, -0.25) is 0 Å². The highest BCUT2D eigenvalue weighted by Gasteiger charge is 2.21. The lowest BCUT2D eigenvalue weighted by Gasteiger charge is -2.14. The Morgan fingerprint density at radius 3 is 1.51 bits per heavy atom. The predicted octanol–water partition coefficient (Wildman–Crippen LogP) is 12.5. The molecule has 0 unspecified atom stereocenters. The molecule has 0 amide bonds. The molecule has 0 atom stereocenters. The summed E-state index contributed by atoms with van der Waals surface area (Å²) in [4.78, 5) is 15.5. The third kappa shape index (κ3) is 5.45. The lowest BCUT2D eigenvalue weighted by Crippen LogP contribution is -2.01. The van der Waals surface area contributed by atoms with Crippen LogP contribution in [0.15, 0.2) is 194 Å². The van der Waals surface area contributed by atoms with E-state index in [0.717, 1.165) is 50.1 Å². The van der Waals surface area contributed by atoms with Crippen LogP contribution in [0.1, 0.15) is 0 Å². The largest absolute Gasteiger partial charge is 0.309 e. The molecule has 0 fully saturated rings. The van der Waals surface area contributed by atoms with Crippen LogP contribution in [0.3, 0.4) is 0 Å². The van der Waals surface area contributed by atoms with Gasteiger partial charge in [0.05, 0.1) is 16.7 Å². The number of hydrogen-bond acceptors (Lipinski definition) is 3. The lowest BCUT2D eigenvalue weighted by molar-refractivity contribution is 1.07. The zero-order valence-corrected chi connectivity index (χ0v) is 28.8. The molecule has 53 heavy (non-hydrogen) atoms. The first-order chi connectivity index (χ1) is 26.3. The van der Waals surface area contributed by atoms with Gasteiger partial charge in [-0.05, 0) is 51.9 Å². The third-order valence-electron chi connectivity index (χ3n) is 10.0. The normalized spacial score (nSPS) is 11.4. The van der Waals surface area contributed by atoms with Crippen molar-refractivity contribution in [2.24, 2.45) is 0 Å². The number of para-hydroxylation sites is 1. The second-order valence-corrected chi connectivity index (χ2v) is 13.3. The van der Waals surface area contributed by atoms with E-state index >= 15 is 0 Å². The number of benzene rings is 8. The van der Waals surface area contributed by atoms with Crippen LogP contribution in [-0.4, -0.2) is 19.5 Å². The van der Waals surface area contributed by atoms with Gasteiger partial charge in [0.25, 0.3) is 0 Å². The van der Waals surface area contributed by atoms with E-state index in [4.69, 9.17) is 15.0 Å². The fourth-order valence-electron chi connectivity index (χ4n) is 7.53. The van der Waals surface area contributed by atoms with Gasteiger partial charge in [-0.2, -0.15) is 0 Å². The van der Waals surface area contributed by atoms with Crippen LogP contribution in [0, 0.1) is 0 Å². The zero-order valence-electron chi connectivity index (χ0n) is 28.8. The first kappa shape index (κ1) is 30.6. The van der Waals surface area contributed by atoms with Gasteiger partial charge in [0.2, 0.25) is 0 Å². The molecule has 10 aromatic rings. The summed E-state index contributed by atoms with van der Waals surface area (Å²) >= 11 is 0. The molecule has 10 rings (SSSR count). The van der Waals surface area contributed by atoms with Crippen molar-refractivity contribution in [3.05, 3.63) is 194 Å². The number of fused-ring (bicyclic) bond motifs is 4. The second-order valence-electron chi connectivity index (χ2n) is 13.3. The van der Waals surface area contributed by atoms with Gasteiger partial charge in [0, 0.05) is 32.8 Å². The van der Waals surface area contributed by atoms with Gasteiger partial charge >= 0.3 is 0 Å². The highest BCUT2D eigenvalue weighted by atomic mass is 15.0. The summed E-state index contributed by atoms with van der Waals surface area (Å²) in [6.07, 6.45) is 0. The monoisotopic (exact) mass is 676 g/mol. The van der Waals surface area contributed by atoms with E-state index in [1.807, 2.05) is 24.3 Å². The molecule has 0 aliphatic rings. The van der Waals surface area contributed by atoms with Crippen LogP contribution in [0.2, 0.25) is 0 Å². The minimum atomic E-state index is 0.620. The fourth-order valence-corrected chi connectivity index (χ4v) is 7.53. The van der Waals surface area contributed by atoms with E-state index in [-0.39, 0.29) is 0 Å². The Hall–Kier alpha value is -7.17. The van der Waals surface area contributed by atoms with Gasteiger partial charge < -0.3 is 4.57 Å². The Labute approximate surface area is 307 Å². The summed E-state index contributed by atoms with van der Waals surface area (Å²) in [6, 6.07) is 68.1. The SMILES string of the molecule is c1ccc(-c2ccc(-c3nc(-c4ccccc4)nc(-c4cc(-c5ccccc5)c5c6ccccc6n(-c6cccc7ccccc67)c5c4)n3)cc2)cc1. The van der Waals surface area contributed by atoms with Gasteiger partial charge in [0.1, 0.15) is 0 Å². The van der Waals surface area contributed by atoms with Crippen molar-refractivity contribution in [3.8, 4) is 62.1 Å². The van der Waals surface area contributed by atoms with E-state index in [9.17, 15) is 0 Å². The Balaban J connectivity index is 1.25. The summed E-state index contributed by atoms with van der Waals surface area (Å²) < 4.78 is 2.41. The van der Waals surface area contributed by atoms with Crippen LogP contribution in [0.25, 0.3) is 94.7 Å². The average Bonchev–Trinajstić information content (AvgIpc) is 3.58. The van der Waals surface area contributed by atoms with Crippen molar-refractivity contribution in [2.45, 2.75) is 0 Å². The van der Waals surface area contributed by atoms with Crippen LogP contribution in [0.4, 0.5) is 0 Å². The first-order valence-corrected chi connectivity index (χ1v) is 17.9. The summed E-state index contributed by atoms with van der Waals surface area (Å²) in [5.41, 5.74) is 10.7. The maximum absolute atomic E-state index is 5.22. The summed E-state index contributed by atoms with van der Waals surface area (Å²) in [5.74, 6) is 1.88. The van der Waals surface area contributed by atoms with Gasteiger partial charge in [-0.15, -0.1) is 0 Å². The first-order valence-electron chi connectivity index (χ1n) is 17.9. The average molecular weight is 677 g/mol. The Kier molecular flexibility index (Phi) is 7.43. The van der Waals surface area contributed by atoms with E-state index in [1.165, 1.54) is 27.1 Å². The third-order valence-corrected chi connectivity index (χ3v) is 10.0. The molecule has 4 heteroatoms. The smallest absolute Gasteiger partial charge is 0.164 e. The molecular weight excluding hydrogens is 645 g/mol. The minimum Gasteiger partial charge on any atom is -0.309 e. The van der Waals surface area contributed by atoms with Crippen molar-refractivity contribution in [1.29, 1.82) is 0 Å². The van der Waals surface area contributed by atoms with Crippen molar-refractivity contribution >= 4 is 32.6 Å². The predicted molar refractivity (Wildman–Crippen MR) is 219 cm³/mol. The molecule has 0 saturated carbocycles. The summed E-state index contributed by atoms with van der Waals surface area (Å²) in [5, 5.41) is 4.78. The van der Waals surface area contributed by atoms with E-state index in [2.05, 4.69) is 174 Å². The van der Waals surface area contributed by atoms with Crippen molar-refractivity contribution < 1.29 is 0 Å². The fraction of sp³-hybridized carbons (Fsp3) is 0. The summed E-state index contributed by atoms with van der Waals surface area (Å²) in [6.45, 7) is 0. The van der Waals surface area contributed by atoms with Crippen LogP contribution in [0.5, 0.6) is 0 Å². The van der Waals surface area contributed by atoms with Crippen LogP contribution >= 0.6 is 0 Å². The van der Waals surface area contributed by atoms with Crippen molar-refractivity contribution in [3.63, 3.8) is 0 Å². The molecule has 2 heterocycles. The van der Waals surface area contributed by atoms with E-state index < -0.39 is 0 Å². The molecular formula is C49H32N4. The Bertz CT molecular complexity index is 2910. The molecule has 8 aromatic carbocycles. The standard InChI is InChI=1S/C49H32N4/c1-4-15-33(16-5-1)34-27-29-38(30-28-34)48-50-47(37-20-8-3-9-21-37)51-49(52-48)39-31-42(36-17-6-2-7-18-36)46-41-24-12-13-25-44(41)53(45(46)32-39)43-26-14-22-35-19-10-11-23-40(35)43/h1-32H. The molecule has 0 radical (unpaired) electrons. The Morgan fingerprint density at radius 2 is 0.811 bits per heavy atom. The topological polar surface area (TPSA) is 43.6 Å². The van der Waals surface area contributed by atoms with Crippen LogP contribution < -0.4 is 0 Å². The van der Waals surface area contributed by atoms with Gasteiger partial charge in [-0.25, -0.2) is 15.0 Å². The molecule has 0 N–H and O–H groups in total. The van der Waals surface area contributed by atoms with Gasteiger partial charge in [0.15, 0.2) is 17.5 Å². The Morgan fingerprint density at radius 1 is 0.321 bits per heavy atom. The maximum Gasteiger partial charge on any atom is 0.164 e. The van der Waals surface area contributed by atoms with Crippen LogP contribution in [-0.2, 0) is 0 Å². The molecule has 2 aromatic heterocycles. The molecule has 0 aliphatic heterocycles. The zero-order chi connectivity index (χ0) is 35.1. The highest BCUT2D eigenvalue weighted by molar-refractivity contribution is 6.17. The molecule has 0 aliphatic carbocycles. The van der Waals surface area contributed by atoms with Crippen molar-refractivity contribution in [1.82, 2.24) is 19.5 Å². The lowest BCUT2D eigenvalue weighted by atomic mass is 9.96. The van der Waals surface area contributed by atoms with Gasteiger partial charge in [-0.1, -0.05) is 170 Å².